The molecular formula is C25H26NO3+. The summed E-state index contributed by atoms with van der Waals surface area (Å²) in [6, 6.07) is 17.5. The van der Waals surface area contributed by atoms with Crippen LogP contribution in [-0.2, 0) is 19.7 Å². The lowest BCUT2D eigenvalue weighted by atomic mass is 9.80. The van der Waals surface area contributed by atoms with Gasteiger partial charge in [0.25, 0.3) is 0 Å². The third-order valence-electron chi connectivity index (χ3n) is 8.94. The van der Waals surface area contributed by atoms with Gasteiger partial charge in [-0.25, -0.2) is 0 Å². The Hall–Kier alpha value is -2.17. The largest absolute Gasteiger partial charge is 0.461 e. The maximum Gasteiger partial charge on any atom is 0.321 e. The Kier molecular flexibility index (Phi) is 2.73. The number of ether oxygens (including phenoxy) is 2. The Morgan fingerprint density at radius 3 is 2.24 bits per heavy atom. The van der Waals surface area contributed by atoms with E-state index in [9.17, 15) is 4.79 Å². The molecule has 0 radical (unpaired) electrons. The number of nitrogens with zero attached hydrogens (tertiary/aromatic N) is 1. The molecule has 7 rings (SSSR count). The van der Waals surface area contributed by atoms with Gasteiger partial charge in [0.15, 0.2) is 5.60 Å². The number of likely N-dealkylation sites (N-methyl/N-ethyl adjacent to an activating group) is 1. The zero-order chi connectivity index (χ0) is 19.8. The molecule has 4 fully saturated rings. The first-order valence-corrected chi connectivity index (χ1v) is 10.8. The first-order valence-electron chi connectivity index (χ1n) is 10.8. The SMILES string of the molecule is CC1(C(=O)O[C@H]2CC3C4[C@@H]5O[C@]45C(C2)[N+]3(C)C)c2ccccc2-c2ccccc21. The first kappa shape index (κ1) is 16.6. The van der Waals surface area contributed by atoms with Gasteiger partial charge in [0.1, 0.15) is 29.7 Å². The summed E-state index contributed by atoms with van der Waals surface area (Å²) in [5.41, 5.74) is 3.82. The number of epoxide rings is 1. The van der Waals surface area contributed by atoms with Gasteiger partial charge in [-0.1, -0.05) is 48.5 Å². The van der Waals surface area contributed by atoms with E-state index in [-0.39, 0.29) is 17.7 Å². The average molecular weight is 388 g/mol. The topological polar surface area (TPSA) is 38.8 Å². The van der Waals surface area contributed by atoms with Crippen molar-refractivity contribution in [2.24, 2.45) is 5.92 Å². The van der Waals surface area contributed by atoms with E-state index in [0.29, 0.717) is 24.1 Å². The van der Waals surface area contributed by atoms with Gasteiger partial charge in [-0.2, -0.15) is 0 Å². The van der Waals surface area contributed by atoms with Gasteiger partial charge in [-0.3, -0.25) is 4.79 Å². The molecule has 1 saturated carbocycles. The summed E-state index contributed by atoms with van der Waals surface area (Å²) >= 11 is 0. The van der Waals surface area contributed by atoms with Crippen molar-refractivity contribution in [1.29, 1.82) is 0 Å². The number of esters is 1. The molecule has 148 valence electrons. The van der Waals surface area contributed by atoms with Crippen LogP contribution in [0.2, 0.25) is 0 Å². The molecule has 2 aromatic rings. The maximum absolute atomic E-state index is 13.7. The van der Waals surface area contributed by atoms with Crippen molar-refractivity contribution < 1.29 is 18.8 Å². The second-order valence-electron chi connectivity index (χ2n) is 10.3. The lowest BCUT2D eigenvalue weighted by Gasteiger charge is -2.45. The fraction of sp³-hybridized carbons (Fsp3) is 0.480. The molecule has 1 spiro atoms. The molecule has 0 N–H and O–H groups in total. The predicted octanol–water partition coefficient (Wildman–Crippen LogP) is 3.27. The van der Waals surface area contributed by atoms with E-state index in [1.807, 2.05) is 31.2 Å². The highest BCUT2D eigenvalue weighted by atomic mass is 16.7. The number of rotatable bonds is 2. The van der Waals surface area contributed by atoms with E-state index in [0.717, 1.165) is 39.6 Å². The van der Waals surface area contributed by atoms with Crippen LogP contribution in [0, 0.1) is 5.92 Å². The number of quaternary nitrogens is 1. The molecule has 29 heavy (non-hydrogen) atoms. The second-order valence-corrected chi connectivity index (χ2v) is 10.3. The summed E-state index contributed by atoms with van der Waals surface area (Å²) in [4.78, 5) is 13.7. The molecule has 2 aromatic carbocycles. The van der Waals surface area contributed by atoms with Crippen LogP contribution in [0.5, 0.6) is 0 Å². The van der Waals surface area contributed by atoms with Crippen molar-refractivity contribution in [1.82, 2.24) is 0 Å². The Labute approximate surface area is 171 Å². The van der Waals surface area contributed by atoms with Gasteiger partial charge in [0.05, 0.1) is 20.0 Å². The van der Waals surface area contributed by atoms with Crippen LogP contribution in [0.4, 0.5) is 0 Å². The van der Waals surface area contributed by atoms with E-state index in [1.54, 1.807) is 0 Å². The van der Waals surface area contributed by atoms with Gasteiger partial charge in [-0.05, 0) is 29.2 Å². The highest BCUT2D eigenvalue weighted by Gasteiger charge is 2.97. The molecule has 2 aliphatic carbocycles. The quantitative estimate of drug-likeness (QED) is 0.450. The lowest BCUT2D eigenvalue weighted by Crippen LogP contribution is -2.60. The van der Waals surface area contributed by atoms with Crippen molar-refractivity contribution >= 4 is 5.97 Å². The molecule has 0 amide bonds. The summed E-state index contributed by atoms with van der Waals surface area (Å²) in [5, 5.41) is 0. The number of hydrogen-bond acceptors (Lipinski definition) is 3. The highest BCUT2D eigenvalue weighted by Crippen LogP contribution is 2.77. The third kappa shape index (κ3) is 1.70. The van der Waals surface area contributed by atoms with Crippen molar-refractivity contribution in [3.63, 3.8) is 0 Å². The smallest absolute Gasteiger partial charge is 0.321 e. The van der Waals surface area contributed by atoms with Crippen LogP contribution in [0.15, 0.2) is 48.5 Å². The summed E-state index contributed by atoms with van der Waals surface area (Å²) in [5.74, 6) is 0.584. The lowest BCUT2D eigenvalue weighted by molar-refractivity contribution is -0.936. The normalized spacial score (nSPS) is 40.3. The average Bonchev–Trinajstić information content (AvgIpc) is 3.56. The minimum Gasteiger partial charge on any atom is -0.461 e. The summed E-state index contributed by atoms with van der Waals surface area (Å²) in [6.45, 7) is 2.04. The zero-order valence-corrected chi connectivity index (χ0v) is 17.1. The molecule has 3 saturated heterocycles. The second kappa shape index (κ2) is 4.76. The predicted molar refractivity (Wildman–Crippen MR) is 108 cm³/mol. The molecule has 3 unspecified atom stereocenters. The zero-order valence-electron chi connectivity index (χ0n) is 17.1. The summed E-state index contributed by atoms with van der Waals surface area (Å²) in [6.07, 6.45) is 2.38. The van der Waals surface area contributed by atoms with Crippen molar-refractivity contribution in [3.05, 3.63) is 59.7 Å². The number of hydrogen-bond donors (Lipinski definition) is 0. The van der Waals surface area contributed by atoms with Crippen LogP contribution in [0.25, 0.3) is 11.1 Å². The Morgan fingerprint density at radius 1 is 1.03 bits per heavy atom. The molecule has 6 atom stereocenters. The Bertz CT molecular complexity index is 1050. The Morgan fingerprint density at radius 2 is 1.66 bits per heavy atom. The molecule has 0 aromatic heterocycles. The summed E-state index contributed by atoms with van der Waals surface area (Å²) < 4.78 is 13.3. The van der Waals surface area contributed by atoms with E-state index in [2.05, 4.69) is 38.4 Å². The molecule has 3 heterocycles. The van der Waals surface area contributed by atoms with Gasteiger partial charge in [-0.15, -0.1) is 0 Å². The molecule has 2 bridgehead atoms. The first-order chi connectivity index (χ1) is 13.9. The van der Waals surface area contributed by atoms with E-state index in [1.165, 1.54) is 0 Å². The van der Waals surface area contributed by atoms with Crippen LogP contribution in [0.1, 0.15) is 30.9 Å². The molecule has 5 aliphatic rings. The Balaban J connectivity index is 1.22. The van der Waals surface area contributed by atoms with Crippen LogP contribution in [0.3, 0.4) is 0 Å². The van der Waals surface area contributed by atoms with Crippen molar-refractivity contribution in [2.45, 2.75) is 55.1 Å². The molecular weight excluding hydrogens is 362 g/mol. The molecule has 4 nitrogen and oxygen atoms in total. The molecule has 4 heteroatoms. The number of carbonyl (C=O) groups excluding carboxylic acids is 1. The van der Waals surface area contributed by atoms with E-state index >= 15 is 0 Å². The monoisotopic (exact) mass is 388 g/mol. The number of carbonyl (C=O) groups is 1. The van der Waals surface area contributed by atoms with Crippen molar-refractivity contribution in [2.75, 3.05) is 14.1 Å². The fourth-order valence-corrected chi connectivity index (χ4v) is 7.33. The van der Waals surface area contributed by atoms with Crippen LogP contribution in [-0.4, -0.2) is 54.4 Å². The van der Waals surface area contributed by atoms with Gasteiger partial charge >= 0.3 is 5.97 Å². The van der Waals surface area contributed by atoms with Crippen LogP contribution >= 0.6 is 0 Å². The maximum atomic E-state index is 13.7. The number of benzene rings is 2. The minimum absolute atomic E-state index is 0.00701. The van der Waals surface area contributed by atoms with Gasteiger partial charge < -0.3 is 14.0 Å². The fourth-order valence-electron chi connectivity index (χ4n) is 7.33. The highest BCUT2D eigenvalue weighted by molar-refractivity contribution is 5.97. The molecule has 3 aliphatic heterocycles. The minimum atomic E-state index is -0.742. The standard InChI is InChI=1S/C25H26NO3/c1-24(17-10-6-4-8-15(17)16-9-5-7-11-18(16)24)23(27)28-14-12-19-21-22-25(21,29-22)20(13-14)26(19,2)3/h4-11,14,19-22H,12-13H2,1-3H3/q+1/t14-,19?,20?,21?,22-,25+/m0/s1. The van der Waals surface area contributed by atoms with Gasteiger partial charge in [0, 0.05) is 12.8 Å². The van der Waals surface area contributed by atoms with E-state index in [4.69, 9.17) is 9.47 Å². The van der Waals surface area contributed by atoms with E-state index < -0.39 is 5.41 Å². The van der Waals surface area contributed by atoms with Gasteiger partial charge in [0.2, 0.25) is 0 Å². The number of piperidine rings is 2. The number of fused-ring (bicyclic) bond motifs is 7. The van der Waals surface area contributed by atoms with Crippen LogP contribution < -0.4 is 0 Å². The van der Waals surface area contributed by atoms with Crippen molar-refractivity contribution in [3.8, 4) is 11.1 Å². The summed E-state index contributed by atoms with van der Waals surface area (Å²) in [7, 11) is 4.66. The third-order valence-corrected chi connectivity index (χ3v) is 8.94.